The molecule has 0 bridgehead atoms. The normalized spacial score (nSPS) is 13.7. The number of nitrogens with zero attached hydrogens (tertiary/aromatic N) is 2. The van der Waals surface area contributed by atoms with E-state index in [1.54, 1.807) is 66.7 Å². The van der Waals surface area contributed by atoms with Gasteiger partial charge in [0.15, 0.2) is 11.9 Å². The van der Waals surface area contributed by atoms with Crippen molar-refractivity contribution < 1.29 is 72.5 Å². The predicted molar refractivity (Wildman–Crippen MR) is 384 cm³/mol. The number of aliphatic hydroxyl groups is 1. The van der Waals surface area contributed by atoms with Crippen LogP contribution in [0.25, 0.3) is 0 Å². The number of anilines is 1. The number of nitrogens with two attached hydrogens (primary N) is 9. The standard InChI is InChI=1S/C66H103N23O15/c1-37(81-53(93)35-80-59(99)49(32-41-18-22-42(69)23-19-41)88-63(103)50(31-39-12-4-3-5-13-39)83-54(94)34-78-52(92)33-79-58(98)44(70)30-40-20-24-43(91)25-21-40)56(96)85-48(17-11-29-77-66(74)75)61(101)87-46(15-7-9-27-68)62(102)89-51(36-90)64(104)82-38(2)57(97)86-47(16-10-28-76-65(72)73)60(100)84-45(55(71)95)14-6-8-26-67/h3-5,12-13,18-25,37-38,44-51,90-91H,6-11,14-17,26-36,67-70H2,1-2H3,(H2,71,95)(H,78,92)(H,79,98)(H,80,99)(H,81,93)(H,82,104)(H,83,94)(H,84,100)(H,85,96)(H,86,97)(H,87,101)(H,88,103)(H,89,102)(H4,72,73,76)(H4,74,75,77)/t37-,38-,44-,45-,46-,47-,48-,49-,50-,51-/m0/s1. The maximum atomic E-state index is 14.3. The lowest BCUT2D eigenvalue weighted by Crippen LogP contribution is -2.60. The van der Waals surface area contributed by atoms with Gasteiger partial charge in [-0.2, -0.15) is 0 Å². The number of hydrogen-bond acceptors (Lipinski definition) is 21. The summed E-state index contributed by atoms with van der Waals surface area (Å²) >= 11 is 0. The molecule has 0 radical (unpaired) electrons. The second-order valence-corrected chi connectivity index (χ2v) is 24.4. The van der Waals surface area contributed by atoms with Gasteiger partial charge in [-0.15, -0.1) is 0 Å². The molecule has 0 heterocycles. The Kier molecular flexibility index (Phi) is 39.3. The number of carbonyl (C=O) groups excluding carboxylic acids is 13. The van der Waals surface area contributed by atoms with Crippen LogP contribution in [0.15, 0.2) is 88.8 Å². The summed E-state index contributed by atoms with van der Waals surface area (Å²) in [4.78, 5) is 183. The van der Waals surface area contributed by atoms with Gasteiger partial charge in [-0.1, -0.05) is 54.6 Å². The van der Waals surface area contributed by atoms with Crippen molar-refractivity contribution in [3.05, 3.63) is 95.6 Å². The lowest BCUT2D eigenvalue weighted by Gasteiger charge is -2.26. The Bertz CT molecular complexity index is 3380. The van der Waals surface area contributed by atoms with Crippen LogP contribution in [-0.2, 0) is 81.6 Å². The van der Waals surface area contributed by atoms with Gasteiger partial charge in [0.2, 0.25) is 76.8 Å². The number of aliphatic hydroxyl groups excluding tert-OH is 1. The summed E-state index contributed by atoms with van der Waals surface area (Å²) in [6.07, 6.45) is 1.59. The molecule has 0 aliphatic rings. The highest BCUT2D eigenvalue weighted by atomic mass is 16.3. The van der Waals surface area contributed by atoms with Crippen LogP contribution < -0.4 is 115 Å². The topological polar surface area (TPSA) is 666 Å². The zero-order valence-corrected chi connectivity index (χ0v) is 58.4. The second kappa shape index (κ2) is 47.0. The number of phenols is 1. The van der Waals surface area contributed by atoms with Gasteiger partial charge in [-0.25, -0.2) is 0 Å². The number of primary amides is 1. The largest absolute Gasteiger partial charge is 0.508 e. The molecule has 3 rings (SSSR count). The number of hydrogen-bond donors (Lipinski definition) is 23. The number of aromatic hydroxyl groups is 1. The van der Waals surface area contributed by atoms with Crippen molar-refractivity contribution in [1.29, 1.82) is 0 Å². The minimum absolute atomic E-state index is 0.0234. The summed E-state index contributed by atoms with van der Waals surface area (Å²) in [5, 5.41) is 49.7. The average Bonchev–Trinajstić information content (AvgIpc) is 0.857. The van der Waals surface area contributed by atoms with E-state index in [0.717, 1.165) is 0 Å². The fraction of sp³-hybridized carbons (Fsp3) is 0.500. The summed E-state index contributed by atoms with van der Waals surface area (Å²) in [7, 11) is 0. The molecule has 3 aromatic carbocycles. The van der Waals surface area contributed by atoms with Gasteiger partial charge in [0.25, 0.3) is 0 Å². The molecule has 572 valence electrons. The molecule has 13 amide bonds. The molecular formula is C66H103N23O15. The van der Waals surface area contributed by atoms with E-state index >= 15 is 0 Å². The number of benzene rings is 3. The van der Waals surface area contributed by atoms with Crippen LogP contribution in [0.5, 0.6) is 5.75 Å². The first-order valence-corrected chi connectivity index (χ1v) is 33.8. The number of unbranched alkanes of at least 4 members (excludes halogenated alkanes) is 2. The van der Waals surface area contributed by atoms with Crippen LogP contribution >= 0.6 is 0 Å². The monoisotopic (exact) mass is 1460 g/mol. The highest BCUT2D eigenvalue weighted by Gasteiger charge is 2.34. The molecule has 0 aliphatic heterocycles. The van der Waals surface area contributed by atoms with E-state index in [4.69, 9.17) is 51.6 Å². The predicted octanol–water partition coefficient (Wildman–Crippen LogP) is -8.08. The van der Waals surface area contributed by atoms with Gasteiger partial charge < -0.3 is 126 Å². The van der Waals surface area contributed by atoms with Crippen LogP contribution in [0.1, 0.15) is 94.7 Å². The lowest BCUT2D eigenvalue weighted by atomic mass is 10.0. The first kappa shape index (κ1) is 87.0. The molecule has 32 N–H and O–H groups in total. The molecular weight excluding hydrogens is 1350 g/mol. The Labute approximate surface area is 601 Å². The fourth-order valence-electron chi connectivity index (χ4n) is 9.91. The number of rotatable bonds is 48. The van der Waals surface area contributed by atoms with Crippen LogP contribution in [0, 0.1) is 0 Å². The number of phenolic OH excluding ortho intramolecular Hbond substituents is 1. The van der Waals surface area contributed by atoms with Crippen LogP contribution in [0.3, 0.4) is 0 Å². The van der Waals surface area contributed by atoms with E-state index in [9.17, 15) is 72.5 Å². The molecule has 0 saturated heterocycles. The fourth-order valence-corrected chi connectivity index (χ4v) is 9.91. The number of aliphatic imine (C=N–C) groups is 2. The molecule has 3 aromatic rings. The van der Waals surface area contributed by atoms with Gasteiger partial charge >= 0.3 is 0 Å². The summed E-state index contributed by atoms with van der Waals surface area (Å²) in [6, 6.07) is 7.21. The zero-order valence-electron chi connectivity index (χ0n) is 58.4. The molecule has 38 nitrogen and oxygen atoms in total. The maximum Gasteiger partial charge on any atom is 0.245 e. The SMILES string of the molecule is C[C@H](NC(=O)CNC(=O)[C@H](Cc1ccc(N)cc1)NC(=O)[C@H](Cc1ccccc1)NC(=O)CNC(=O)CNC(=O)[C@@H](N)Cc1ccc(O)cc1)C(=O)N[C@@H](CCCN=C(N)N)C(=O)N[C@@H](CCCCN)C(=O)N[C@@H](CO)C(=O)N[C@@H](C)C(=O)N[C@@H](CCCN=C(N)N)C(=O)N[C@@H](CCCCN)C(N)=O. The van der Waals surface area contributed by atoms with E-state index in [-0.39, 0.29) is 102 Å². The minimum atomic E-state index is -1.73. The third-order valence-corrected chi connectivity index (χ3v) is 15.7. The number of carbonyl (C=O) groups is 13. The average molecular weight is 1460 g/mol. The maximum absolute atomic E-state index is 14.3. The van der Waals surface area contributed by atoms with E-state index < -0.39 is 163 Å². The van der Waals surface area contributed by atoms with E-state index in [1.807, 2.05) is 0 Å². The summed E-state index contributed by atoms with van der Waals surface area (Å²) in [6.45, 7) is 0.107. The molecule has 0 unspecified atom stereocenters. The van der Waals surface area contributed by atoms with Crippen molar-refractivity contribution in [2.75, 3.05) is 58.2 Å². The molecule has 0 aromatic heterocycles. The molecule has 0 spiro atoms. The second-order valence-electron chi connectivity index (χ2n) is 24.4. The third kappa shape index (κ3) is 34.4. The summed E-state index contributed by atoms with van der Waals surface area (Å²) < 4.78 is 0. The lowest BCUT2D eigenvalue weighted by molar-refractivity contribution is -0.136. The zero-order chi connectivity index (χ0) is 77.3. The number of guanidine groups is 2. The Hall–Kier alpha value is -11.2. The molecule has 0 saturated carbocycles. The van der Waals surface area contributed by atoms with Gasteiger partial charge in [-0.3, -0.25) is 72.3 Å². The van der Waals surface area contributed by atoms with Gasteiger partial charge in [0.05, 0.1) is 32.3 Å². The Balaban J connectivity index is 1.74. The smallest absolute Gasteiger partial charge is 0.245 e. The minimum Gasteiger partial charge on any atom is -0.508 e. The third-order valence-electron chi connectivity index (χ3n) is 15.7. The van der Waals surface area contributed by atoms with Crippen LogP contribution in [0.2, 0.25) is 0 Å². The summed E-state index contributed by atoms with van der Waals surface area (Å²) in [5.74, 6) is -11.8. The van der Waals surface area contributed by atoms with Crippen LogP contribution in [-0.4, -0.2) is 212 Å². The van der Waals surface area contributed by atoms with Gasteiger partial charge in [0.1, 0.15) is 60.1 Å². The quantitative estimate of drug-likeness (QED) is 0.0108. The van der Waals surface area contributed by atoms with Crippen molar-refractivity contribution in [2.24, 2.45) is 55.9 Å². The van der Waals surface area contributed by atoms with Crippen molar-refractivity contribution in [2.45, 2.75) is 158 Å². The molecule has 38 heteroatoms. The number of nitrogen functional groups attached to an aromatic ring is 1. The summed E-state index contributed by atoms with van der Waals surface area (Å²) in [5.41, 5.74) is 52.8. The molecule has 0 aliphatic carbocycles. The van der Waals surface area contributed by atoms with Crippen molar-refractivity contribution in [3.63, 3.8) is 0 Å². The Morgan fingerprint density at radius 3 is 1.29 bits per heavy atom. The van der Waals surface area contributed by atoms with Crippen molar-refractivity contribution in [1.82, 2.24) is 63.8 Å². The molecule has 104 heavy (non-hydrogen) atoms. The van der Waals surface area contributed by atoms with Gasteiger partial charge in [0, 0.05) is 31.6 Å². The highest BCUT2D eigenvalue weighted by Crippen LogP contribution is 2.14. The highest BCUT2D eigenvalue weighted by molar-refractivity contribution is 5.99. The van der Waals surface area contributed by atoms with E-state index in [1.165, 1.54) is 26.0 Å². The number of nitrogens with one attached hydrogen (secondary N) is 12. The van der Waals surface area contributed by atoms with E-state index in [2.05, 4.69) is 73.8 Å². The van der Waals surface area contributed by atoms with Gasteiger partial charge in [-0.05, 0) is 139 Å². The first-order valence-electron chi connectivity index (χ1n) is 33.8. The Morgan fingerprint density at radius 2 is 0.779 bits per heavy atom. The molecule has 0 fully saturated rings. The number of amides is 13. The van der Waals surface area contributed by atoms with E-state index in [0.29, 0.717) is 48.2 Å². The van der Waals surface area contributed by atoms with Crippen LogP contribution in [0.4, 0.5) is 5.69 Å². The Morgan fingerprint density at radius 1 is 0.394 bits per heavy atom. The van der Waals surface area contributed by atoms with Crippen molar-refractivity contribution >= 4 is 94.4 Å². The molecule has 10 atom stereocenters. The van der Waals surface area contributed by atoms with Crippen molar-refractivity contribution in [3.8, 4) is 5.75 Å². The first-order chi connectivity index (χ1) is 49.4.